The van der Waals surface area contributed by atoms with Gasteiger partial charge in [0.25, 0.3) is 0 Å². The fourth-order valence-electron chi connectivity index (χ4n) is 2.19. The summed E-state index contributed by atoms with van der Waals surface area (Å²) >= 11 is 0. The van der Waals surface area contributed by atoms with E-state index >= 15 is 0 Å². The first-order valence-electron chi connectivity index (χ1n) is 10.4. The van der Waals surface area contributed by atoms with Crippen LogP contribution in [0.5, 0.6) is 0 Å². The number of carboxylic acid groups (broad SMARTS) is 1. The number of aliphatic carboxylic acids is 1. The maximum Gasteiger partial charge on any atom is 0.469 e. The number of hydrogen-bond acceptors (Lipinski definition) is 6. The van der Waals surface area contributed by atoms with Crippen LogP contribution < -0.4 is 0 Å². The highest BCUT2D eigenvalue weighted by molar-refractivity contribution is 6.90. The van der Waals surface area contributed by atoms with Crippen molar-refractivity contribution in [3.05, 3.63) is 24.3 Å². The zero-order valence-corrected chi connectivity index (χ0v) is 25.4. The van der Waals surface area contributed by atoms with E-state index in [1.807, 2.05) is 0 Å². The first-order chi connectivity index (χ1) is 13.6. The summed E-state index contributed by atoms with van der Waals surface area (Å²) in [5.74, 6) is -1.29. The van der Waals surface area contributed by atoms with Gasteiger partial charge in [-0.1, -0.05) is 13.2 Å². The van der Waals surface area contributed by atoms with Gasteiger partial charge in [-0.15, -0.1) is 0 Å². The van der Waals surface area contributed by atoms with E-state index in [4.69, 9.17) is 22.2 Å². The molecule has 0 fully saturated rings. The normalized spacial score (nSPS) is 12.5. The fourth-order valence-corrected chi connectivity index (χ4v) is 16.8. The Morgan fingerprint density at radius 3 is 1.29 bits per heavy atom. The highest BCUT2D eigenvalue weighted by atomic mass is 28.5. The summed E-state index contributed by atoms with van der Waals surface area (Å²) in [4.78, 5) is 21.2. The molecule has 182 valence electrons. The van der Waals surface area contributed by atoms with Crippen molar-refractivity contribution in [1.82, 2.24) is 0 Å². The largest absolute Gasteiger partial charge is 0.478 e. The summed E-state index contributed by atoms with van der Waals surface area (Å²) in [6.45, 7) is 29.7. The number of carbonyl (C=O) groups excluding carboxylic acids is 1. The second-order valence-corrected chi connectivity index (χ2v) is 27.4. The van der Waals surface area contributed by atoms with Crippen molar-refractivity contribution < 1.29 is 31.8 Å². The third-order valence-electron chi connectivity index (χ3n) is 2.96. The van der Waals surface area contributed by atoms with Crippen LogP contribution in [0, 0.1) is 0 Å². The molecule has 0 spiro atoms. The van der Waals surface area contributed by atoms with Gasteiger partial charge in [0.1, 0.15) is 0 Å². The van der Waals surface area contributed by atoms with Crippen LogP contribution in [0.3, 0.4) is 0 Å². The number of hydrogen-bond donors (Lipinski definition) is 1. The Kier molecular flexibility index (Phi) is 13.6. The Labute approximate surface area is 193 Å². The standard InChI is InChI=1S/C16H38O5Si4.C4H6O2/c1-15(2)16(17)18-13-12-14-25(19-22(3,4)5,20-23(6,7)8)21-24(9,10)11;1-3(2)4(5)6/h1,12-14H2,2-11H3;1H2,2H3,(H,5,6). The van der Waals surface area contributed by atoms with Crippen molar-refractivity contribution >= 4 is 45.7 Å². The second-order valence-electron chi connectivity index (χ2n) is 10.4. The van der Waals surface area contributed by atoms with Gasteiger partial charge in [0.05, 0.1) is 6.61 Å². The van der Waals surface area contributed by atoms with Crippen LogP contribution >= 0.6 is 0 Å². The molecule has 1 N–H and O–H groups in total. The van der Waals surface area contributed by atoms with Gasteiger partial charge in [-0.25, -0.2) is 9.59 Å². The van der Waals surface area contributed by atoms with Gasteiger partial charge in [0.2, 0.25) is 0 Å². The number of rotatable bonds is 12. The first-order valence-corrected chi connectivity index (χ1v) is 22.6. The van der Waals surface area contributed by atoms with Crippen LogP contribution in [0.15, 0.2) is 24.3 Å². The summed E-state index contributed by atoms with van der Waals surface area (Å²) in [6.07, 6.45) is 0.671. The Morgan fingerprint density at radius 2 is 1.06 bits per heavy atom. The lowest BCUT2D eigenvalue weighted by Crippen LogP contribution is -2.60. The molecule has 0 aliphatic heterocycles. The lowest BCUT2D eigenvalue weighted by molar-refractivity contribution is -0.139. The van der Waals surface area contributed by atoms with Gasteiger partial charge in [0.15, 0.2) is 25.0 Å². The van der Waals surface area contributed by atoms with E-state index in [1.165, 1.54) is 6.92 Å². The third-order valence-corrected chi connectivity index (χ3v) is 15.0. The second kappa shape index (κ2) is 13.0. The summed E-state index contributed by atoms with van der Waals surface area (Å²) in [5, 5.41) is 7.89. The lowest BCUT2D eigenvalue weighted by atomic mass is 10.4. The topological polar surface area (TPSA) is 91.3 Å². The van der Waals surface area contributed by atoms with Crippen LogP contribution in [0.4, 0.5) is 0 Å². The van der Waals surface area contributed by atoms with Crippen LogP contribution in [0.2, 0.25) is 65.0 Å². The number of ether oxygens (including phenoxy) is 1. The Bertz CT molecular complexity index is 576. The molecule has 0 rings (SSSR count). The summed E-state index contributed by atoms with van der Waals surface area (Å²) < 4.78 is 25.0. The van der Waals surface area contributed by atoms with E-state index in [1.54, 1.807) is 6.92 Å². The molecule has 0 aromatic heterocycles. The average Bonchev–Trinajstić information content (AvgIpc) is 2.46. The highest BCUT2D eigenvalue weighted by Gasteiger charge is 2.49. The van der Waals surface area contributed by atoms with Gasteiger partial charge >= 0.3 is 20.7 Å². The van der Waals surface area contributed by atoms with Crippen molar-refractivity contribution in [2.24, 2.45) is 0 Å². The molecule has 0 heterocycles. The van der Waals surface area contributed by atoms with E-state index < -0.39 is 39.7 Å². The quantitative estimate of drug-likeness (QED) is 0.158. The minimum atomic E-state index is -2.83. The van der Waals surface area contributed by atoms with E-state index in [2.05, 4.69) is 72.1 Å². The minimum absolute atomic E-state index is 0.176. The molecule has 11 heteroatoms. The van der Waals surface area contributed by atoms with E-state index in [0.717, 1.165) is 0 Å². The predicted molar refractivity (Wildman–Crippen MR) is 137 cm³/mol. The Morgan fingerprint density at radius 1 is 0.742 bits per heavy atom. The molecular weight excluding hydrogens is 465 g/mol. The monoisotopic (exact) mass is 508 g/mol. The molecule has 0 aromatic carbocycles. The zero-order chi connectivity index (χ0) is 25.3. The Hall–Kier alpha value is -0.832. The lowest BCUT2D eigenvalue weighted by Gasteiger charge is -2.42. The fraction of sp³-hybridized carbons (Fsp3) is 0.700. The smallest absolute Gasteiger partial charge is 0.469 e. The van der Waals surface area contributed by atoms with Crippen LogP contribution in [-0.2, 0) is 26.7 Å². The first kappa shape index (κ1) is 32.3. The molecule has 31 heavy (non-hydrogen) atoms. The zero-order valence-electron chi connectivity index (χ0n) is 21.4. The maximum atomic E-state index is 11.6. The van der Waals surface area contributed by atoms with Gasteiger partial charge < -0.3 is 22.2 Å². The third kappa shape index (κ3) is 19.6. The van der Waals surface area contributed by atoms with Gasteiger partial charge in [-0.3, -0.25) is 0 Å². The summed E-state index contributed by atoms with van der Waals surface area (Å²) in [6, 6.07) is 0.676. The minimum Gasteiger partial charge on any atom is -0.478 e. The molecule has 0 aliphatic rings. The summed E-state index contributed by atoms with van der Waals surface area (Å²) in [7, 11) is -8.40. The van der Waals surface area contributed by atoms with Crippen LogP contribution in [0.25, 0.3) is 0 Å². The number of esters is 1. The van der Waals surface area contributed by atoms with Crippen LogP contribution in [-0.4, -0.2) is 57.4 Å². The maximum absolute atomic E-state index is 11.6. The molecule has 0 atom stereocenters. The van der Waals surface area contributed by atoms with Crippen molar-refractivity contribution in [3.63, 3.8) is 0 Å². The highest BCUT2D eigenvalue weighted by Crippen LogP contribution is 2.29. The molecule has 7 nitrogen and oxygen atoms in total. The van der Waals surface area contributed by atoms with Crippen molar-refractivity contribution in [2.45, 2.75) is 85.2 Å². The predicted octanol–water partition coefficient (Wildman–Crippen LogP) is 5.64. The average molecular weight is 509 g/mol. The molecule has 0 unspecified atom stereocenters. The van der Waals surface area contributed by atoms with Gasteiger partial charge in [-0.2, -0.15) is 0 Å². The molecule has 0 aliphatic carbocycles. The molecule has 0 bridgehead atoms. The van der Waals surface area contributed by atoms with E-state index in [9.17, 15) is 9.59 Å². The molecule has 0 aromatic rings. The van der Waals surface area contributed by atoms with Crippen LogP contribution in [0.1, 0.15) is 20.3 Å². The van der Waals surface area contributed by atoms with Crippen molar-refractivity contribution in [3.8, 4) is 0 Å². The SMILES string of the molecule is C=C(C)C(=O)O.C=C(C)C(=O)OCCC[Si](O[Si](C)(C)C)(O[Si](C)(C)C)O[Si](C)(C)C. The number of carboxylic acids is 1. The van der Waals surface area contributed by atoms with Crippen molar-refractivity contribution in [1.29, 1.82) is 0 Å². The Balaban J connectivity index is 0. The molecule has 0 saturated carbocycles. The van der Waals surface area contributed by atoms with Gasteiger partial charge in [-0.05, 0) is 79.2 Å². The molecule has 0 saturated heterocycles. The summed E-state index contributed by atoms with van der Waals surface area (Å²) in [5.41, 5.74) is 0.591. The number of carbonyl (C=O) groups is 2. The van der Waals surface area contributed by atoms with E-state index in [-0.39, 0.29) is 11.5 Å². The molecule has 0 amide bonds. The molecular formula is C20H44O7Si4. The van der Waals surface area contributed by atoms with Crippen molar-refractivity contribution in [2.75, 3.05) is 6.61 Å². The molecule has 0 radical (unpaired) electrons. The van der Waals surface area contributed by atoms with Gasteiger partial charge in [0, 0.05) is 17.2 Å². The van der Waals surface area contributed by atoms with E-state index in [0.29, 0.717) is 24.6 Å².